The Morgan fingerprint density at radius 1 is 1.27 bits per heavy atom. The highest BCUT2D eigenvalue weighted by molar-refractivity contribution is 6.18. The topological polar surface area (TPSA) is 29.1 Å². The molecule has 0 heterocycles. The van der Waals surface area contributed by atoms with Crippen LogP contribution in [0.2, 0.25) is 0 Å². The Bertz CT molecular complexity index is 267. The zero-order valence-electron chi connectivity index (χ0n) is 10.6. The van der Waals surface area contributed by atoms with E-state index in [1.165, 1.54) is 0 Å². The summed E-state index contributed by atoms with van der Waals surface area (Å²) < 4.78 is 0. The number of hydrogen-bond donors (Lipinski definition) is 1. The molecule has 2 nitrogen and oxygen atoms in total. The molecule has 0 aromatic carbocycles. The second-order valence-corrected chi connectivity index (χ2v) is 6.65. The van der Waals surface area contributed by atoms with Crippen LogP contribution in [0.15, 0.2) is 0 Å². The molecule has 1 saturated carbocycles. The van der Waals surface area contributed by atoms with Crippen molar-refractivity contribution < 1.29 is 4.79 Å². The van der Waals surface area contributed by atoms with E-state index in [4.69, 9.17) is 11.6 Å². The summed E-state index contributed by atoms with van der Waals surface area (Å²) in [5.74, 6) is 0.676. The molecule has 88 valence electrons. The number of alkyl halides is 1. The number of amides is 1. The van der Waals surface area contributed by atoms with E-state index in [2.05, 4.69) is 33.0 Å². The Kier molecular flexibility index (Phi) is 2.89. The van der Waals surface area contributed by atoms with Gasteiger partial charge in [0.25, 0.3) is 0 Å². The molecule has 0 unspecified atom stereocenters. The van der Waals surface area contributed by atoms with Gasteiger partial charge < -0.3 is 5.32 Å². The summed E-state index contributed by atoms with van der Waals surface area (Å²) in [5.41, 5.74) is -0.119. The first-order chi connectivity index (χ1) is 6.56. The van der Waals surface area contributed by atoms with Crippen molar-refractivity contribution in [3.8, 4) is 0 Å². The van der Waals surface area contributed by atoms with Crippen molar-refractivity contribution >= 4 is 17.5 Å². The summed E-state index contributed by atoms with van der Waals surface area (Å²) in [6.07, 6.45) is 0. The molecule has 0 atom stereocenters. The molecular formula is C12H22ClNO. The van der Waals surface area contributed by atoms with E-state index in [0.717, 1.165) is 0 Å². The molecule has 1 N–H and O–H groups in total. The minimum atomic E-state index is -0.312. The predicted molar refractivity (Wildman–Crippen MR) is 64.0 cm³/mol. The maximum Gasteiger partial charge on any atom is 0.224 e. The number of hydrogen-bond acceptors (Lipinski definition) is 1. The van der Waals surface area contributed by atoms with E-state index in [-0.39, 0.29) is 28.2 Å². The fourth-order valence-corrected chi connectivity index (χ4v) is 2.36. The molecule has 3 heteroatoms. The molecule has 0 radical (unpaired) electrons. The van der Waals surface area contributed by atoms with Crippen LogP contribution in [-0.4, -0.2) is 17.3 Å². The molecule has 1 amide bonds. The molecule has 0 aromatic heterocycles. The van der Waals surface area contributed by atoms with Gasteiger partial charge in [-0.15, -0.1) is 11.6 Å². The van der Waals surface area contributed by atoms with Gasteiger partial charge in [-0.1, -0.05) is 27.7 Å². The van der Waals surface area contributed by atoms with Crippen LogP contribution in [0.3, 0.4) is 0 Å². The van der Waals surface area contributed by atoms with Gasteiger partial charge in [0.2, 0.25) is 5.91 Å². The summed E-state index contributed by atoms with van der Waals surface area (Å²) in [4.78, 5) is 12.0. The van der Waals surface area contributed by atoms with Crippen LogP contribution in [0.1, 0.15) is 41.5 Å². The standard InChI is InChI=1S/C12H22ClNO/c1-10(2,7-13)14-9(15)8-11(3,4)12(8,5)6/h8H,7H2,1-6H3,(H,14,15). The quantitative estimate of drug-likeness (QED) is 0.744. The third kappa shape index (κ3) is 2.01. The second kappa shape index (κ2) is 3.38. The first-order valence-corrected chi connectivity index (χ1v) is 5.98. The third-order valence-electron chi connectivity index (χ3n) is 4.08. The van der Waals surface area contributed by atoms with Crippen LogP contribution in [-0.2, 0) is 4.79 Å². The van der Waals surface area contributed by atoms with E-state index in [1.54, 1.807) is 0 Å². The molecule has 1 aliphatic carbocycles. The Morgan fingerprint density at radius 2 is 1.67 bits per heavy atom. The zero-order chi connectivity index (χ0) is 12.1. The molecule has 0 aromatic rings. The summed E-state index contributed by atoms with van der Waals surface area (Å²) >= 11 is 5.79. The second-order valence-electron chi connectivity index (χ2n) is 6.38. The van der Waals surface area contributed by atoms with E-state index in [0.29, 0.717) is 5.88 Å². The van der Waals surface area contributed by atoms with E-state index in [9.17, 15) is 4.79 Å². The maximum absolute atomic E-state index is 12.0. The summed E-state index contributed by atoms with van der Waals surface area (Å²) in [6.45, 7) is 12.5. The van der Waals surface area contributed by atoms with Crippen molar-refractivity contribution in [1.82, 2.24) is 5.32 Å². The Hall–Kier alpha value is -0.240. The fourth-order valence-electron chi connectivity index (χ4n) is 2.29. The van der Waals surface area contributed by atoms with Crippen molar-refractivity contribution in [2.24, 2.45) is 16.7 Å². The highest BCUT2D eigenvalue weighted by Gasteiger charge is 2.68. The van der Waals surface area contributed by atoms with Crippen molar-refractivity contribution in [3.05, 3.63) is 0 Å². The van der Waals surface area contributed by atoms with Gasteiger partial charge in [0.15, 0.2) is 0 Å². The van der Waals surface area contributed by atoms with Crippen LogP contribution < -0.4 is 5.32 Å². The van der Waals surface area contributed by atoms with Crippen LogP contribution in [0.4, 0.5) is 0 Å². The SMILES string of the molecule is CC(C)(CCl)NC(=O)C1C(C)(C)C1(C)C. The van der Waals surface area contributed by atoms with Gasteiger partial charge >= 0.3 is 0 Å². The van der Waals surface area contributed by atoms with Crippen LogP contribution >= 0.6 is 11.6 Å². The number of carbonyl (C=O) groups is 1. The summed E-state index contributed by atoms with van der Waals surface area (Å²) in [5, 5.41) is 3.01. The van der Waals surface area contributed by atoms with Crippen LogP contribution in [0.5, 0.6) is 0 Å². The lowest BCUT2D eigenvalue weighted by Crippen LogP contribution is -2.46. The Morgan fingerprint density at radius 3 is 1.93 bits per heavy atom. The minimum absolute atomic E-state index is 0.0967. The Balaban J connectivity index is 2.67. The Labute approximate surface area is 97.8 Å². The minimum Gasteiger partial charge on any atom is -0.350 e. The van der Waals surface area contributed by atoms with E-state index in [1.807, 2.05) is 13.8 Å². The lowest BCUT2D eigenvalue weighted by atomic mass is 10.0. The molecule has 0 spiro atoms. The van der Waals surface area contributed by atoms with Crippen molar-refractivity contribution in [3.63, 3.8) is 0 Å². The largest absolute Gasteiger partial charge is 0.350 e. The van der Waals surface area contributed by atoms with E-state index >= 15 is 0 Å². The highest BCUT2D eigenvalue weighted by Crippen LogP contribution is 2.68. The molecule has 0 saturated heterocycles. The van der Waals surface area contributed by atoms with Gasteiger partial charge in [-0.05, 0) is 24.7 Å². The normalized spacial score (nSPS) is 23.7. The lowest BCUT2D eigenvalue weighted by molar-refractivity contribution is -0.124. The first-order valence-electron chi connectivity index (χ1n) is 5.44. The van der Waals surface area contributed by atoms with Gasteiger partial charge in [-0.2, -0.15) is 0 Å². The smallest absolute Gasteiger partial charge is 0.224 e. The predicted octanol–water partition coefficient (Wildman–Crippen LogP) is 2.80. The number of halogens is 1. The zero-order valence-corrected chi connectivity index (χ0v) is 11.3. The first kappa shape index (κ1) is 12.8. The third-order valence-corrected chi connectivity index (χ3v) is 4.75. The van der Waals surface area contributed by atoms with Gasteiger partial charge in [-0.25, -0.2) is 0 Å². The molecule has 15 heavy (non-hydrogen) atoms. The average molecular weight is 232 g/mol. The van der Waals surface area contributed by atoms with Gasteiger partial charge in [0.1, 0.15) is 0 Å². The average Bonchev–Trinajstić information content (AvgIpc) is 2.41. The van der Waals surface area contributed by atoms with Gasteiger partial charge in [0, 0.05) is 17.3 Å². The fraction of sp³-hybridized carbons (Fsp3) is 0.917. The monoisotopic (exact) mass is 231 g/mol. The highest BCUT2D eigenvalue weighted by atomic mass is 35.5. The summed E-state index contributed by atoms with van der Waals surface area (Å²) in [6, 6.07) is 0. The molecular weight excluding hydrogens is 210 g/mol. The molecule has 0 aliphatic heterocycles. The van der Waals surface area contributed by atoms with Crippen molar-refractivity contribution in [1.29, 1.82) is 0 Å². The van der Waals surface area contributed by atoms with Crippen LogP contribution in [0.25, 0.3) is 0 Å². The van der Waals surface area contributed by atoms with Gasteiger partial charge in [0.05, 0.1) is 0 Å². The molecule has 1 rings (SSSR count). The van der Waals surface area contributed by atoms with Crippen LogP contribution in [0, 0.1) is 16.7 Å². The van der Waals surface area contributed by atoms with Crippen molar-refractivity contribution in [2.75, 3.05) is 5.88 Å². The van der Waals surface area contributed by atoms with E-state index < -0.39 is 0 Å². The number of rotatable bonds is 3. The summed E-state index contributed by atoms with van der Waals surface area (Å²) in [7, 11) is 0. The van der Waals surface area contributed by atoms with Gasteiger partial charge in [-0.3, -0.25) is 4.79 Å². The number of nitrogens with one attached hydrogen (secondary N) is 1. The van der Waals surface area contributed by atoms with Crippen molar-refractivity contribution in [2.45, 2.75) is 47.1 Å². The molecule has 1 fully saturated rings. The maximum atomic E-state index is 12.0. The lowest BCUT2D eigenvalue weighted by Gasteiger charge is -2.23. The number of carbonyl (C=O) groups excluding carboxylic acids is 1. The molecule has 1 aliphatic rings. The molecule has 0 bridgehead atoms.